The van der Waals surface area contributed by atoms with Gasteiger partial charge in [0.15, 0.2) is 0 Å². The molecule has 0 saturated carbocycles. The van der Waals surface area contributed by atoms with Crippen molar-refractivity contribution in [2.24, 2.45) is 5.92 Å². The van der Waals surface area contributed by atoms with Gasteiger partial charge in [-0.05, 0) is 36.2 Å². The van der Waals surface area contributed by atoms with E-state index in [4.69, 9.17) is 11.6 Å². The first kappa shape index (κ1) is 23.2. The number of carbonyl (C=O) groups excluding carboxylic acids is 1. The number of hydrogen-bond acceptors (Lipinski definition) is 4. The average Bonchev–Trinajstić information content (AvgIpc) is 3.16. The molecule has 3 rings (SSSR count). The molecule has 31 heavy (non-hydrogen) atoms. The van der Waals surface area contributed by atoms with Gasteiger partial charge in [-0.1, -0.05) is 51.4 Å². The molecule has 0 fully saturated rings. The zero-order chi connectivity index (χ0) is 22.8. The van der Waals surface area contributed by atoms with Gasteiger partial charge in [-0.3, -0.25) is 4.79 Å². The monoisotopic (exact) mass is 462 g/mol. The van der Waals surface area contributed by atoms with E-state index in [1.165, 1.54) is 22.5 Å². The quantitative estimate of drug-likeness (QED) is 0.519. The first-order valence-corrected chi connectivity index (χ1v) is 12.1. The SMILES string of the molecule is CCN(CC)S(=O)(=O)c1cc(C(=O)NC(c2nc3ccccc3[nH]2)C(C)C)ccc1Cl. The summed E-state index contributed by atoms with van der Waals surface area (Å²) in [5, 5.41) is 3.07. The van der Waals surface area contributed by atoms with Gasteiger partial charge in [-0.25, -0.2) is 13.4 Å². The molecule has 0 saturated heterocycles. The minimum absolute atomic E-state index is 0.0516. The molecule has 3 aromatic rings. The van der Waals surface area contributed by atoms with Crippen LogP contribution >= 0.6 is 11.6 Å². The number of aromatic amines is 1. The van der Waals surface area contributed by atoms with Gasteiger partial charge in [-0.2, -0.15) is 4.31 Å². The topological polar surface area (TPSA) is 95.2 Å². The molecule has 0 bridgehead atoms. The van der Waals surface area contributed by atoms with E-state index in [9.17, 15) is 13.2 Å². The summed E-state index contributed by atoms with van der Waals surface area (Å²) in [6, 6.07) is 11.6. The Bertz CT molecular complexity index is 1150. The lowest BCUT2D eigenvalue weighted by atomic mass is 10.0. The van der Waals surface area contributed by atoms with Crippen LogP contribution in [0.2, 0.25) is 5.02 Å². The highest BCUT2D eigenvalue weighted by Crippen LogP contribution is 2.27. The lowest BCUT2D eigenvalue weighted by molar-refractivity contribution is 0.0923. The number of hydrogen-bond donors (Lipinski definition) is 2. The van der Waals surface area contributed by atoms with Crippen molar-refractivity contribution in [1.82, 2.24) is 19.6 Å². The fourth-order valence-electron chi connectivity index (χ4n) is 3.44. The number of H-pyrrole nitrogens is 1. The fraction of sp³-hybridized carbons (Fsp3) is 0.364. The van der Waals surface area contributed by atoms with E-state index in [0.29, 0.717) is 18.9 Å². The van der Waals surface area contributed by atoms with Crippen LogP contribution in [0.3, 0.4) is 0 Å². The molecule has 1 amide bonds. The molecule has 1 unspecified atom stereocenters. The van der Waals surface area contributed by atoms with Crippen molar-refractivity contribution in [2.45, 2.75) is 38.6 Å². The van der Waals surface area contributed by atoms with E-state index < -0.39 is 15.9 Å². The van der Waals surface area contributed by atoms with E-state index in [-0.39, 0.29) is 27.4 Å². The summed E-state index contributed by atoms with van der Waals surface area (Å²) in [6.07, 6.45) is 0. The maximum Gasteiger partial charge on any atom is 0.251 e. The van der Waals surface area contributed by atoms with Crippen LogP contribution in [0.25, 0.3) is 11.0 Å². The normalized spacial score (nSPS) is 13.1. The molecule has 1 heterocycles. The van der Waals surface area contributed by atoms with Crippen LogP contribution in [-0.4, -0.2) is 41.7 Å². The minimum Gasteiger partial charge on any atom is -0.342 e. The van der Waals surface area contributed by atoms with Crippen LogP contribution < -0.4 is 5.32 Å². The van der Waals surface area contributed by atoms with Crippen molar-refractivity contribution in [1.29, 1.82) is 0 Å². The molecule has 1 aromatic heterocycles. The van der Waals surface area contributed by atoms with Crippen LogP contribution in [0.1, 0.15) is 49.9 Å². The van der Waals surface area contributed by atoms with Crippen LogP contribution in [0.4, 0.5) is 0 Å². The first-order valence-electron chi connectivity index (χ1n) is 10.2. The maximum atomic E-state index is 13.0. The lowest BCUT2D eigenvalue weighted by Gasteiger charge is -2.22. The molecule has 0 aliphatic rings. The highest BCUT2D eigenvalue weighted by Gasteiger charge is 2.27. The van der Waals surface area contributed by atoms with E-state index in [1.54, 1.807) is 13.8 Å². The number of halogens is 1. The molecule has 9 heteroatoms. The summed E-state index contributed by atoms with van der Waals surface area (Å²) < 4.78 is 27.2. The number of amides is 1. The summed E-state index contributed by atoms with van der Waals surface area (Å²) in [5.74, 6) is 0.303. The predicted molar refractivity (Wildman–Crippen MR) is 123 cm³/mol. The molecule has 166 valence electrons. The number of carbonyl (C=O) groups is 1. The number of fused-ring (bicyclic) bond motifs is 1. The van der Waals surface area contributed by atoms with Gasteiger partial charge < -0.3 is 10.3 Å². The average molecular weight is 463 g/mol. The molecule has 0 spiro atoms. The van der Waals surface area contributed by atoms with Crippen LogP contribution in [0, 0.1) is 5.92 Å². The number of rotatable bonds is 8. The van der Waals surface area contributed by atoms with Crippen LogP contribution in [-0.2, 0) is 10.0 Å². The fourth-order valence-corrected chi connectivity index (χ4v) is 5.40. The summed E-state index contributed by atoms with van der Waals surface area (Å²) in [4.78, 5) is 20.8. The van der Waals surface area contributed by atoms with E-state index in [2.05, 4.69) is 15.3 Å². The Morgan fingerprint density at radius 1 is 1.16 bits per heavy atom. The second-order valence-electron chi connectivity index (χ2n) is 7.57. The zero-order valence-corrected chi connectivity index (χ0v) is 19.6. The standard InChI is InChI=1S/C22H27ClN4O3S/c1-5-27(6-2)31(29,30)19-13-15(11-12-16(19)23)22(28)26-20(14(3)4)21-24-17-9-7-8-10-18(17)25-21/h7-14,20H,5-6H2,1-4H3,(H,24,25)(H,26,28). The molecule has 1 atom stereocenters. The predicted octanol–water partition coefficient (Wildman–Crippen LogP) is 4.37. The Kier molecular flexibility index (Phi) is 7.03. The molecule has 2 N–H and O–H groups in total. The molecular formula is C22H27ClN4O3S. The third-order valence-electron chi connectivity index (χ3n) is 5.17. The molecule has 7 nitrogen and oxygen atoms in total. The summed E-state index contributed by atoms with van der Waals surface area (Å²) in [7, 11) is -3.80. The maximum absolute atomic E-state index is 13.0. The van der Waals surface area contributed by atoms with E-state index in [0.717, 1.165) is 11.0 Å². The smallest absolute Gasteiger partial charge is 0.251 e. The third kappa shape index (κ3) is 4.76. The molecule has 0 aliphatic carbocycles. The largest absolute Gasteiger partial charge is 0.342 e. The van der Waals surface area contributed by atoms with Crippen molar-refractivity contribution < 1.29 is 13.2 Å². The second kappa shape index (κ2) is 9.38. The number of benzene rings is 2. The number of aromatic nitrogens is 2. The summed E-state index contributed by atoms with van der Waals surface area (Å²) in [6.45, 7) is 8.10. The number of nitrogens with zero attached hydrogens (tertiary/aromatic N) is 2. The van der Waals surface area contributed by atoms with Gasteiger partial charge in [-0.15, -0.1) is 0 Å². The molecule has 2 aromatic carbocycles. The highest BCUT2D eigenvalue weighted by molar-refractivity contribution is 7.89. The number of sulfonamides is 1. The second-order valence-corrected chi connectivity index (χ2v) is 9.88. The van der Waals surface area contributed by atoms with Gasteiger partial charge in [0.2, 0.25) is 10.0 Å². The van der Waals surface area contributed by atoms with Crippen LogP contribution in [0.5, 0.6) is 0 Å². The van der Waals surface area contributed by atoms with Gasteiger partial charge in [0, 0.05) is 18.7 Å². The Labute approximate surface area is 187 Å². The van der Waals surface area contributed by atoms with Crippen molar-refractivity contribution >= 4 is 38.6 Å². The van der Waals surface area contributed by atoms with Gasteiger partial charge >= 0.3 is 0 Å². The highest BCUT2D eigenvalue weighted by atomic mass is 35.5. The van der Waals surface area contributed by atoms with Gasteiger partial charge in [0.1, 0.15) is 10.7 Å². The van der Waals surface area contributed by atoms with Crippen molar-refractivity contribution in [3.63, 3.8) is 0 Å². The van der Waals surface area contributed by atoms with Crippen molar-refractivity contribution in [3.8, 4) is 0 Å². The number of nitrogens with one attached hydrogen (secondary N) is 2. The van der Waals surface area contributed by atoms with Gasteiger partial charge in [0.25, 0.3) is 5.91 Å². The zero-order valence-electron chi connectivity index (χ0n) is 18.0. The first-order chi connectivity index (χ1) is 14.7. The summed E-state index contributed by atoms with van der Waals surface area (Å²) >= 11 is 6.19. The van der Waals surface area contributed by atoms with Crippen molar-refractivity contribution in [2.75, 3.05) is 13.1 Å². The molecule has 0 aliphatic heterocycles. The minimum atomic E-state index is -3.80. The molecular weight excluding hydrogens is 436 g/mol. The number of imidazole rings is 1. The summed E-state index contributed by atoms with van der Waals surface area (Å²) in [5.41, 5.74) is 1.92. The lowest BCUT2D eigenvalue weighted by Crippen LogP contribution is -2.33. The molecule has 0 radical (unpaired) electrons. The van der Waals surface area contributed by atoms with Gasteiger partial charge in [0.05, 0.1) is 22.1 Å². The van der Waals surface area contributed by atoms with Crippen LogP contribution in [0.15, 0.2) is 47.4 Å². The van der Waals surface area contributed by atoms with E-state index in [1.807, 2.05) is 38.1 Å². The number of para-hydroxylation sites is 2. The Morgan fingerprint density at radius 3 is 2.45 bits per heavy atom. The Morgan fingerprint density at radius 2 is 1.84 bits per heavy atom. The Balaban J connectivity index is 1.93. The van der Waals surface area contributed by atoms with E-state index >= 15 is 0 Å². The van der Waals surface area contributed by atoms with Crippen molar-refractivity contribution in [3.05, 3.63) is 58.9 Å². The Hall–Kier alpha value is -2.42. The third-order valence-corrected chi connectivity index (χ3v) is 7.70.